The topological polar surface area (TPSA) is 95.0 Å². The van der Waals surface area contributed by atoms with E-state index in [9.17, 15) is 33.1 Å². The number of aromatic hydroxyl groups is 1. The maximum atomic E-state index is 14.7. The lowest BCUT2D eigenvalue weighted by atomic mass is 9.51. The molecule has 0 spiro atoms. The van der Waals surface area contributed by atoms with Crippen molar-refractivity contribution in [1.82, 2.24) is 4.90 Å². The van der Waals surface area contributed by atoms with Crippen molar-refractivity contribution in [2.24, 2.45) is 29.1 Å². The van der Waals surface area contributed by atoms with Gasteiger partial charge in [0.1, 0.15) is 5.82 Å². The Morgan fingerprint density at radius 1 is 1.00 bits per heavy atom. The van der Waals surface area contributed by atoms with E-state index in [1.165, 1.54) is 29.2 Å². The van der Waals surface area contributed by atoms with E-state index in [0.29, 0.717) is 30.5 Å². The lowest BCUT2D eigenvalue weighted by Gasteiger charge is -2.49. The number of halogens is 3. The number of benzene rings is 2. The minimum Gasteiger partial charge on any atom is -0.505 e. The molecule has 6 rings (SSSR count). The molecule has 208 valence electrons. The third kappa shape index (κ3) is 3.52. The molecule has 1 saturated carbocycles. The molecule has 3 fully saturated rings. The molecule has 2 aromatic rings. The number of amides is 4. The molecule has 0 aromatic heterocycles. The van der Waals surface area contributed by atoms with Gasteiger partial charge in [-0.1, -0.05) is 36.2 Å². The Kier molecular flexibility index (Phi) is 6.14. The molecule has 2 saturated heterocycles. The molecule has 6 atom stereocenters. The van der Waals surface area contributed by atoms with Crippen molar-refractivity contribution in [2.45, 2.75) is 39.0 Å². The number of anilines is 1. The average Bonchev–Trinajstić information content (AvgIpc) is 3.27. The second kappa shape index (κ2) is 9.23. The number of phenolic OH excluding ortho intramolecular Hbond substituents is 1. The van der Waals surface area contributed by atoms with Crippen LogP contribution in [-0.2, 0) is 19.2 Å². The molecular formula is C30H27ClF2N2O5. The van der Waals surface area contributed by atoms with Gasteiger partial charge in [0.2, 0.25) is 23.6 Å². The molecule has 2 heterocycles. The Balaban J connectivity index is 1.52. The zero-order chi connectivity index (χ0) is 28.7. The first-order valence-corrected chi connectivity index (χ1v) is 13.8. The first-order chi connectivity index (χ1) is 19.0. The van der Waals surface area contributed by atoms with Crippen molar-refractivity contribution < 1.29 is 33.1 Å². The third-order valence-electron chi connectivity index (χ3n) is 9.28. The fraction of sp³-hybridized carbons (Fsp3) is 0.400. The average molecular weight is 569 g/mol. The highest BCUT2D eigenvalue weighted by Crippen LogP contribution is 2.63. The van der Waals surface area contributed by atoms with Crippen LogP contribution in [0.1, 0.15) is 44.6 Å². The molecule has 2 aliphatic heterocycles. The predicted octanol–water partition coefficient (Wildman–Crippen LogP) is 4.96. The van der Waals surface area contributed by atoms with Crippen molar-refractivity contribution in [1.29, 1.82) is 0 Å². The number of likely N-dealkylation sites (tertiary alicyclic amines) is 1. The normalized spacial score (nSPS) is 31.3. The van der Waals surface area contributed by atoms with Gasteiger partial charge in [-0.05, 0) is 68.0 Å². The standard InChI is InChI=1S/C30H27ClF2N2O5/c1-3-10-34-26(37)17-7-6-16-18(24(17)28(34)39)13-19-27(38)35(15-5-8-21(32)20(31)12-15)29(40)30(19,2)25(16)14-4-9-23(36)22(33)11-14/h4-6,8-9,11-12,17-19,24-25,36H,3,7,10,13H2,1-2H3/t17-,18+,19-,24-,25-,30+/m0/s1. The number of imide groups is 2. The number of nitrogens with zero attached hydrogens (tertiary/aromatic N) is 2. The maximum Gasteiger partial charge on any atom is 0.241 e. The Labute approximate surface area is 234 Å². The van der Waals surface area contributed by atoms with Gasteiger partial charge in [0.15, 0.2) is 11.6 Å². The molecule has 2 aromatic carbocycles. The summed E-state index contributed by atoms with van der Waals surface area (Å²) < 4.78 is 28.6. The summed E-state index contributed by atoms with van der Waals surface area (Å²) in [5.74, 6) is -7.22. The number of hydrogen-bond donors (Lipinski definition) is 1. The van der Waals surface area contributed by atoms with Gasteiger partial charge in [0.05, 0.1) is 33.9 Å². The molecule has 7 nitrogen and oxygen atoms in total. The SMILES string of the molecule is CCCN1C(=O)[C@H]2[C@H](CC=C3[C@H]2C[C@H]2C(=O)N(c4ccc(F)c(Cl)c4)C(=O)[C@@]2(C)[C@H]3c2ccc(O)c(F)c2)C1=O. The Hall–Kier alpha value is -3.59. The molecule has 0 radical (unpaired) electrons. The van der Waals surface area contributed by atoms with Gasteiger partial charge >= 0.3 is 0 Å². The van der Waals surface area contributed by atoms with Gasteiger partial charge in [-0.2, -0.15) is 0 Å². The van der Waals surface area contributed by atoms with Gasteiger partial charge in [-0.15, -0.1) is 0 Å². The molecule has 0 unspecified atom stereocenters. The van der Waals surface area contributed by atoms with E-state index in [-0.39, 0.29) is 28.9 Å². The van der Waals surface area contributed by atoms with Gasteiger partial charge in [0, 0.05) is 12.5 Å². The minimum absolute atomic E-state index is 0.115. The number of fused-ring (bicyclic) bond motifs is 4. The summed E-state index contributed by atoms with van der Waals surface area (Å²) in [6, 6.07) is 7.46. The van der Waals surface area contributed by atoms with Crippen LogP contribution in [0.2, 0.25) is 5.02 Å². The van der Waals surface area contributed by atoms with Gasteiger partial charge < -0.3 is 5.11 Å². The van der Waals surface area contributed by atoms with Crippen molar-refractivity contribution in [3.05, 3.63) is 70.3 Å². The minimum atomic E-state index is -1.38. The predicted molar refractivity (Wildman–Crippen MR) is 141 cm³/mol. The lowest BCUT2D eigenvalue weighted by Crippen LogP contribution is -2.48. The summed E-state index contributed by atoms with van der Waals surface area (Å²) in [5, 5.41) is 9.63. The second-order valence-electron chi connectivity index (χ2n) is 11.3. The van der Waals surface area contributed by atoms with Crippen LogP contribution in [0.25, 0.3) is 0 Å². The number of allylic oxidation sites excluding steroid dienone is 2. The molecule has 2 aliphatic carbocycles. The summed E-state index contributed by atoms with van der Waals surface area (Å²) in [7, 11) is 0. The quantitative estimate of drug-likeness (QED) is 0.415. The first-order valence-electron chi connectivity index (χ1n) is 13.4. The third-order valence-corrected chi connectivity index (χ3v) is 9.57. The van der Waals surface area contributed by atoms with Crippen molar-refractivity contribution in [3.63, 3.8) is 0 Å². The van der Waals surface area contributed by atoms with Crippen LogP contribution >= 0.6 is 11.6 Å². The fourth-order valence-electron chi connectivity index (χ4n) is 7.48. The Morgan fingerprint density at radius 3 is 2.42 bits per heavy atom. The van der Waals surface area contributed by atoms with Crippen LogP contribution in [-0.4, -0.2) is 40.2 Å². The lowest BCUT2D eigenvalue weighted by molar-refractivity contribution is -0.140. The van der Waals surface area contributed by atoms with E-state index >= 15 is 0 Å². The first kappa shape index (κ1) is 26.6. The van der Waals surface area contributed by atoms with E-state index in [2.05, 4.69) is 0 Å². The highest BCUT2D eigenvalue weighted by atomic mass is 35.5. The van der Waals surface area contributed by atoms with Crippen LogP contribution < -0.4 is 4.90 Å². The Morgan fingerprint density at radius 2 is 1.75 bits per heavy atom. The summed E-state index contributed by atoms with van der Waals surface area (Å²) in [6.45, 7) is 3.84. The highest BCUT2D eigenvalue weighted by Gasteiger charge is 2.67. The second-order valence-corrected chi connectivity index (χ2v) is 11.7. The van der Waals surface area contributed by atoms with Crippen LogP contribution in [0.4, 0.5) is 14.5 Å². The van der Waals surface area contributed by atoms with Crippen LogP contribution in [0.15, 0.2) is 48.0 Å². The molecule has 40 heavy (non-hydrogen) atoms. The van der Waals surface area contributed by atoms with Crippen LogP contribution in [0, 0.1) is 40.7 Å². The van der Waals surface area contributed by atoms with Gasteiger partial charge in [-0.25, -0.2) is 13.7 Å². The number of carbonyl (C=O) groups excluding carboxylic acids is 4. The monoisotopic (exact) mass is 568 g/mol. The molecular weight excluding hydrogens is 542 g/mol. The summed E-state index contributed by atoms with van der Waals surface area (Å²) in [5.41, 5.74) is -0.182. The molecule has 4 amide bonds. The van der Waals surface area contributed by atoms with E-state index in [0.717, 1.165) is 17.0 Å². The van der Waals surface area contributed by atoms with Crippen LogP contribution in [0.3, 0.4) is 0 Å². The summed E-state index contributed by atoms with van der Waals surface area (Å²) >= 11 is 5.99. The zero-order valence-electron chi connectivity index (χ0n) is 21.9. The van der Waals surface area contributed by atoms with Gasteiger partial charge in [-0.3, -0.25) is 24.1 Å². The van der Waals surface area contributed by atoms with Crippen molar-refractivity contribution in [3.8, 4) is 5.75 Å². The smallest absolute Gasteiger partial charge is 0.241 e. The van der Waals surface area contributed by atoms with Crippen molar-refractivity contribution in [2.75, 3.05) is 11.4 Å². The fourth-order valence-corrected chi connectivity index (χ4v) is 7.65. The molecule has 4 aliphatic rings. The summed E-state index contributed by atoms with van der Waals surface area (Å²) in [4.78, 5) is 57.3. The van der Waals surface area contributed by atoms with Crippen molar-refractivity contribution >= 4 is 40.9 Å². The summed E-state index contributed by atoms with van der Waals surface area (Å²) in [6.07, 6.45) is 2.92. The maximum absolute atomic E-state index is 14.7. The highest BCUT2D eigenvalue weighted by molar-refractivity contribution is 6.31. The molecule has 1 N–H and O–H groups in total. The van der Waals surface area contributed by atoms with E-state index in [1.54, 1.807) is 6.92 Å². The largest absolute Gasteiger partial charge is 0.505 e. The Bertz CT molecular complexity index is 1530. The van der Waals surface area contributed by atoms with E-state index < -0.39 is 64.2 Å². The van der Waals surface area contributed by atoms with E-state index in [4.69, 9.17) is 11.6 Å². The van der Waals surface area contributed by atoms with E-state index in [1.807, 2.05) is 13.0 Å². The number of hydrogen-bond acceptors (Lipinski definition) is 5. The van der Waals surface area contributed by atoms with Crippen LogP contribution in [0.5, 0.6) is 5.75 Å². The number of phenols is 1. The number of rotatable bonds is 4. The molecule has 0 bridgehead atoms. The number of carbonyl (C=O) groups is 4. The molecule has 10 heteroatoms. The van der Waals surface area contributed by atoms with Gasteiger partial charge in [0.25, 0.3) is 0 Å². The zero-order valence-corrected chi connectivity index (χ0v) is 22.6.